The van der Waals surface area contributed by atoms with Crippen LogP contribution >= 0.6 is 0 Å². The maximum atomic E-state index is 11.1. The number of nitrogens with one attached hydrogen (secondary N) is 1. The standard InChI is InChI=1S/C11H14N2O/c1-3-4-11(14)13-8-10-6-5-9(2)7-12-10/h3-7H,8H2,1-2H3,(H,13,14)/b4-3+. The number of hydrogen-bond donors (Lipinski definition) is 1. The summed E-state index contributed by atoms with van der Waals surface area (Å²) >= 11 is 0. The number of allylic oxidation sites excluding steroid dienone is 1. The van der Waals surface area contributed by atoms with Gasteiger partial charge in [0.2, 0.25) is 5.91 Å². The number of hydrogen-bond acceptors (Lipinski definition) is 2. The van der Waals surface area contributed by atoms with Crippen molar-refractivity contribution in [2.45, 2.75) is 20.4 Å². The number of rotatable bonds is 3. The van der Waals surface area contributed by atoms with Crippen molar-refractivity contribution in [1.82, 2.24) is 10.3 Å². The molecule has 0 unspecified atom stereocenters. The highest BCUT2D eigenvalue weighted by molar-refractivity contribution is 5.87. The summed E-state index contributed by atoms with van der Waals surface area (Å²) < 4.78 is 0. The second kappa shape index (κ2) is 5.17. The average molecular weight is 190 g/mol. The zero-order chi connectivity index (χ0) is 10.4. The smallest absolute Gasteiger partial charge is 0.243 e. The van der Waals surface area contributed by atoms with Gasteiger partial charge in [0.05, 0.1) is 12.2 Å². The van der Waals surface area contributed by atoms with Crippen LogP contribution in [0.5, 0.6) is 0 Å². The van der Waals surface area contributed by atoms with Crippen molar-refractivity contribution in [3.63, 3.8) is 0 Å². The summed E-state index contributed by atoms with van der Waals surface area (Å²) in [6.07, 6.45) is 4.99. The molecule has 0 spiro atoms. The van der Waals surface area contributed by atoms with E-state index in [1.54, 1.807) is 12.3 Å². The molecule has 1 rings (SSSR count). The number of carbonyl (C=O) groups excluding carboxylic acids is 1. The molecule has 0 atom stereocenters. The van der Waals surface area contributed by atoms with E-state index in [0.717, 1.165) is 11.3 Å². The molecule has 0 aromatic carbocycles. The molecule has 0 fully saturated rings. The van der Waals surface area contributed by atoms with E-state index in [0.29, 0.717) is 6.54 Å². The van der Waals surface area contributed by atoms with Crippen molar-refractivity contribution in [2.24, 2.45) is 0 Å². The minimum absolute atomic E-state index is 0.0881. The predicted octanol–water partition coefficient (Wildman–Crippen LogP) is 1.58. The molecule has 3 nitrogen and oxygen atoms in total. The summed E-state index contributed by atoms with van der Waals surface area (Å²) in [7, 11) is 0. The van der Waals surface area contributed by atoms with Gasteiger partial charge in [-0.3, -0.25) is 9.78 Å². The summed E-state index contributed by atoms with van der Waals surface area (Å²) in [4.78, 5) is 15.2. The van der Waals surface area contributed by atoms with Crippen LogP contribution in [0.3, 0.4) is 0 Å². The molecule has 1 aromatic heterocycles. The molecule has 1 N–H and O–H groups in total. The van der Waals surface area contributed by atoms with Crippen LogP contribution in [0, 0.1) is 6.92 Å². The van der Waals surface area contributed by atoms with Crippen LogP contribution in [0.4, 0.5) is 0 Å². The third-order valence-corrected chi connectivity index (χ3v) is 1.73. The molecule has 0 radical (unpaired) electrons. The second-order valence-corrected chi connectivity index (χ2v) is 3.04. The summed E-state index contributed by atoms with van der Waals surface area (Å²) in [6, 6.07) is 3.88. The van der Waals surface area contributed by atoms with Gasteiger partial charge in [0.1, 0.15) is 0 Å². The second-order valence-electron chi connectivity index (χ2n) is 3.04. The fourth-order valence-electron chi connectivity index (χ4n) is 0.991. The Hall–Kier alpha value is -1.64. The van der Waals surface area contributed by atoms with E-state index in [1.807, 2.05) is 26.0 Å². The normalized spacial score (nSPS) is 10.4. The van der Waals surface area contributed by atoms with Gasteiger partial charge in [-0.05, 0) is 31.6 Å². The van der Waals surface area contributed by atoms with Crippen molar-refractivity contribution in [3.05, 3.63) is 41.7 Å². The fourth-order valence-corrected chi connectivity index (χ4v) is 0.991. The van der Waals surface area contributed by atoms with Gasteiger partial charge >= 0.3 is 0 Å². The number of carbonyl (C=O) groups is 1. The van der Waals surface area contributed by atoms with Crippen molar-refractivity contribution in [1.29, 1.82) is 0 Å². The number of aromatic nitrogens is 1. The van der Waals surface area contributed by atoms with Crippen LogP contribution < -0.4 is 5.32 Å². The zero-order valence-electron chi connectivity index (χ0n) is 8.45. The Kier molecular flexibility index (Phi) is 3.85. The maximum Gasteiger partial charge on any atom is 0.243 e. The Morgan fingerprint density at radius 3 is 2.93 bits per heavy atom. The zero-order valence-corrected chi connectivity index (χ0v) is 8.45. The molecule has 74 valence electrons. The monoisotopic (exact) mass is 190 g/mol. The number of aryl methyl sites for hydroxylation is 1. The Labute approximate surface area is 83.9 Å². The van der Waals surface area contributed by atoms with Gasteiger partial charge < -0.3 is 5.32 Å². The van der Waals surface area contributed by atoms with Crippen molar-refractivity contribution in [3.8, 4) is 0 Å². The van der Waals surface area contributed by atoms with Crippen molar-refractivity contribution < 1.29 is 4.79 Å². The van der Waals surface area contributed by atoms with Crippen molar-refractivity contribution >= 4 is 5.91 Å². The summed E-state index contributed by atoms with van der Waals surface area (Å²) in [6.45, 7) is 4.27. The molecular formula is C11H14N2O. The molecule has 0 aliphatic carbocycles. The quantitative estimate of drug-likeness (QED) is 0.735. The van der Waals surface area contributed by atoms with E-state index < -0.39 is 0 Å². The van der Waals surface area contributed by atoms with Gasteiger partial charge in [0, 0.05) is 6.20 Å². The average Bonchev–Trinajstić information content (AvgIpc) is 2.17. The van der Waals surface area contributed by atoms with Gasteiger partial charge in [0.15, 0.2) is 0 Å². The lowest BCUT2D eigenvalue weighted by molar-refractivity contribution is -0.116. The van der Waals surface area contributed by atoms with Crippen LogP contribution in [0.25, 0.3) is 0 Å². The van der Waals surface area contributed by atoms with Gasteiger partial charge in [0.25, 0.3) is 0 Å². The largest absolute Gasteiger partial charge is 0.347 e. The third-order valence-electron chi connectivity index (χ3n) is 1.73. The lowest BCUT2D eigenvalue weighted by atomic mass is 10.3. The van der Waals surface area contributed by atoms with E-state index in [9.17, 15) is 4.79 Å². The molecular weight excluding hydrogens is 176 g/mol. The molecule has 14 heavy (non-hydrogen) atoms. The Morgan fingerprint density at radius 1 is 1.57 bits per heavy atom. The molecule has 0 aliphatic heterocycles. The highest BCUT2D eigenvalue weighted by Crippen LogP contribution is 1.97. The molecule has 0 bridgehead atoms. The summed E-state index contributed by atoms with van der Waals surface area (Å²) in [5.41, 5.74) is 1.99. The number of nitrogens with zero attached hydrogens (tertiary/aromatic N) is 1. The van der Waals surface area contributed by atoms with Crippen LogP contribution in [-0.2, 0) is 11.3 Å². The lowest BCUT2D eigenvalue weighted by Gasteiger charge is -2.01. The predicted molar refractivity (Wildman–Crippen MR) is 55.6 cm³/mol. The van der Waals surface area contributed by atoms with E-state index in [2.05, 4.69) is 10.3 Å². The Morgan fingerprint density at radius 2 is 2.36 bits per heavy atom. The van der Waals surface area contributed by atoms with Crippen LogP contribution in [0.1, 0.15) is 18.2 Å². The van der Waals surface area contributed by atoms with Crippen LogP contribution in [-0.4, -0.2) is 10.9 Å². The molecule has 0 aliphatic rings. The highest BCUT2D eigenvalue weighted by Gasteiger charge is 1.96. The Balaban J connectivity index is 2.46. The maximum absolute atomic E-state index is 11.1. The highest BCUT2D eigenvalue weighted by atomic mass is 16.1. The lowest BCUT2D eigenvalue weighted by Crippen LogP contribution is -2.20. The molecule has 0 saturated carbocycles. The van der Waals surface area contributed by atoms with E-state index in [-0.39, 0.29) is 5.91 Å². The van der Waals surface area contributed by atoms with Crippen LogP contribution in [0.15, 0.2) is 30.5 Å². The first-order valence-electron chi connectivity index (χ1n) is 4.54. The first-order valence-corrected chi connectivity index (χ1v) is 4.54. The van der Waals surface area contributed by atoms with Gasteiger partial charge in [-0.25, -0.2) is 0 Å². The van der Waals surface area contributed by atoms with E-state index in [4.69, 9.17) is 0 Å². The van der Waals surface area contributed by atoms with Crippen LogP contribution in [0.2, 0.25) is 0 Å². The summed E-state index contributed by atoms with van der Waals surface area (Å²) in [5.74, 6) is -0.0881. The molecule has 1 aromatic rings. The minimum Gasteiger partial charge on any atom is -0.347 e. The van der Waals surface area contributed by atoms with Gasteiger partial charge in [-0.1, -0.05) is 12.1 Å². The molecule has 1 amide bonds. The van der Waals surface area contributed by atoms with Gasteiger partial charge in [-0.2, -0.15) is 0 Å². The number of pyridine rings is 1. The topological polar surface area (TPSA) is 42.0 Å². The first kappa shape index (κ1) is 10.4. The van der Waals surface area contributed by atoms with E-state index >= 15 is 0 Å². The van der Waals surface area contributed by atoms with Gasteiger partial charge in [-0.15, -0.1) is 0 Å². The van der Waals surface area contributed by atoms with E-state index in [1.165, 1.54) is 6.08 Å². The Bertz CT molecular complexity index is 328. The first-order chi connectivity index (χ1) is 6.72. The number of amides is 1. The summed E-state index contributed by atoms with van der Waals surface area (Å²) in [5, 5.41) is 2.73. The third kappa shape index (κ3) is 3.39. The molecule has 0 saturated heterocycles. The minimum atomic E-state index is -0.0881. The van der Waals surface area contributed by atoms with Crippen molar-refractivity contribution in [2.75, 3.05) is 0 Å². The molecule has 3 heteroatoms. The fraction of sp³-hybridized carbons (Fsp3) is 0.273. The SMILES string of the molecule is C/C=C/C(=O)NCc1ccc(C)cn1. The molecule has 1 heterocycles.